The number of nitrogens with one attached hydrogen (secondary N) is 1. The average molecular weight is 483 g/mol. The summed E-state index contributed by atoms with van der Waals surface area (Å²) in [6.07, 6.45) is 3.75. The molecule has 1 aliphatic heterocycles. The first-order chi connectivity index (χ1) is 15.5. The first-order valence-electron chi connectivity index (χ1n) is 9.83. The Kier molecular flexibility index (Phi) is 9.00. The summed E-state index contributed by atoms with van der Waals surface area (Å²) in [5.41, 5.74) is 4.47. The van der Waals surface area contributed by atoms with E-state index in [-0.39, 0.29) is 41.9 Å². The van der Waals surface area contributed by atoms with Crippen molar-refractivity contribution >= 4 is 52.3 Å². The van der Waals surface area contributed by atoms with Crippen LogP contribution in [0.15, 0.2) is 87.6 Å². The number of amidine groups is 1. The maximum atomic E-state index is 12.3. The van der Waals surface area contributed by atoms with Crippen molar-refractivity contribution in [1.29, 1.82) is 0 Å². The van der Waals surface area contributed by atoms with Crippen LogP contribution in [0.5, 0.6) is 0 Å². The SMILES string of the molecule is CSc1ccc(-c2ccc(C=C3SC(=Nc4ccc(CC(=O)[O-])cc4)NC3=O)cc2)cc1.[Na+]. The smallest absolute Gasteiger partial charge is 0.550 e. The number of thioether (sulfide) groups is 2. The Morgan fingerprint density at radius 3 is 2.18 bits per heavy atom. The Labute approximate surface area is 223 Å². The van der Waals surface area contributed by atoms with Gasteiger partial charge in [0.25, 0.3) is 5.91 Å². The quantitative estimate of drug-likeness (QED) is 0.325. The number of hydrogen-bond donors (Lipinski definition) is 1. The van der Waals surface area contributed by atoms with Crippen molar-refractivity contribution in [3.8, 4) is 11.1 Å². The van der Waals surface area contributed by atoms with E-state index in [1.807, 2.05) is 30.3 Å². The van der Waals surface area contributed by atoms with E-state index in [1.54, 1.807) is 36.0 Å². The van der Waals surface area contributed by atoms with E-state index in [4.69, 9.17) is 0 Å². The van der Waals surface area contributed by atoms with Gasteiger partial charge in [0.2, 0.25) is 0 Å². The summed E-state index contributed by atoms with van der Waals surface area (Å²) < 4.78 is 0. The van der Waals surface area contributed by atoms with Gasteiger partial charge in [-0.05, 0) is 70.6 Å². The van der Waals surface area contributed by atoms with Gasteiger partial charge in [-0.3, -0.25) is 4.79 Å². The molecular weight excluding hydrogens is 463 g/mol. The van der Waals surface area contributed by atoms with Gasteiger partial charge in [0.15, 0.2) is 5.17 Å². The second-order valence-corrected chi connectivity index (χ2v) is 8.96. The van der Waals surface area contributed by atoms with Crippen LogP contribution in [0.3, 0.4) is 0 Å². The number of nitrogens with zero attached hydrogens (tertiary/aromatic N) is 1. The molecule has 0 unspecified atom stereocenters. The van der Waals surface area contributed by atoms with Crippen molar-refractivity contribution in [1.82, 2.24) is 5.32 Å². The first-order valence-corrected chi connectivity index (χ1v) is 11.9. The zero-order valence-electron chi connectivity index (χ0n) is 18.2. The molecule has 3 aromatic rings. The number of carboxylic acid groups (broad SMARTS) is 1. The molecule has 5 nitrogen and oxygen atoms in total. The molecule has 1 aliphatic rings. The van der Waals surface area contributed by atoms with E-state index >= 15 is 0 Å². The fourth-order valence-electron chi connectivity index (χ4n) is 3.16. The van der Waals surface area contributed by atoms with Gasteiger partial charge in [-0.25, -0.2) is 4.99 Å². The maximum Gasteiger partial charge on any atom is 1.00 e. The number of amides is 1. The molecule has 0 radical (unpaired) electrons. The Morgan fingerprint density at radius 2 is 1.61 bits per heavy atom. The van der Waals surface area contributed by atoms with Gasteiger partial charge in [-0.15, -0.1) is 11.8 Å². The summed E-state index contributed by atoms with van der Waals surface area (Å²) in [7, 11) is 0. The van der Waals surface area contributed by atoms with Crippen molar-refractivity contribution in [3.05, 3.63) is 88.8 Å². The number of hydrogen-bond acceptors (Lipinski definition) is 6. The zero-order valence-corrected chi connectivity index (χ0v) is 21.8. The van der Waals surface area contributed by atoms with E-state index in [0.717, 1.165) is 16.7 Å². The molecule has 0 spiro atoms. The van der Waals surface area contributed by atoms with Crippen LogP contribution in [0, 0.1) is 0 Å². The molecule has 33 heavy (non-hydrogen) atoms. The molecule has 0 saturated carbocycles. The van der Waals surface area contributed by atoms with E-state index in [0.29, 0.717) is 21.3 Å². The van der Waals surface area contributed by atoms with Crippen LogP contribution < -0.4 is 40.0 Å². The molecular formula is C25H19N2NaO3S2. The van der Waals surface area contributed by atoms with Crippen LogP contribution in [0.4, 0.5) is 5.69 Å². The van der Waals surface area contributed by atoms with E-state index in [1.165, 1.54) is 16.7 Å². The number of carboxylic acids is 1. The summed E-state index contributed by atoms with van der Waals surface area (Å²) in [6, 6.07) is 23.3. The van der Waals surface area contributed by atoms with Crippen LogP contribution in [0.1, 0.15) is 11.1 Å². The molecule has 0 aliphatic carbocycles. The molecule has 1 fully saturated rings. The predicted molar refractivity (Wildman–Crippen MR) is 130 cm³/mol. The summed E-state index contributed by atoms with van der Waals surface area (Å²) in [5.74, 6) is -1.32. The van der Waals surface area contributed by atoms with Gasteiger partial charge < -0.3 is 15.2 Å². The zero-order chi connectivity index (χ0) is 22.5. The van der Waals surface area contributed by atoms with Crippen molar-refractivity contribution in [2.45, 2.75) is 11.3 Å². The molecule has 4 rings (SSSR count). The van der Waals surface area contributed by atoms with Crippen LogP contribution in [0.25, 0.3) is 17.2 Å². The summed E-state index contributed by atoms with van der Waals surface area (Å²) in [5, 5.41) is 13.9. The molecule has 1 heterocycles. The van der Waals surface area contributed by atoms with Crippen molar-refractivity contribution in [2.24, 2.45) is 4.99 Å². The number of benzene rings is 3. The molecule has 1 saturated heterocycles. The Balaban J connectivity index is 0.00000306. The van der Waals surface area contributed by atoms with E-state index in [2.05, 4.69) is 40.8 Å². The third-order valence-electron chi connectivity index (χ3n) is 4.80. The maximum absolute atomic E-state index is 12.3. The molecule has 1 N–H and O–H groups in total. The van der Waals surface area contributed by atoms with Gasteiger partial charge in [0.05, 0.1) is 10.6 Å². The topological polar surface area (TPSA) is 81.6 Å². The van der Waals surface area contributed by atoms with Crippen molar-refractivity contribution in [2.75, 3.05) is 6.26 Å². The third kappa shape index (κ3) is 6.85. The number of aliphatic carboxylic acids is 1. The van der Waals surface area contributed by atoms with Crippen LogP contribution in [-0.4, -0.2) is 23.3 Å². The molecule has 1 amide bonds. The monoisotopic (exact) mass is 482 g/mol. The Morgan fingerprint density at radius 1 is 1.00 bits per heavy atom. The van der Waals surface area contributed by atoms with Crippen LogP contribution in [-0.2, 0) is 16.0 Å². The third-order valence-corrected chi connectivity index (χ3v) is 6.45. The van der Waals surface area contributed by atoms with Crippen LogP contribution >= 0.6 is 23.5 Å². The summed E-state index contributed by atoms with van der Waals surface area (Å²) >= 11 is 2.99. The minimum Gasteiger partial charge on any atom is -0.550 e. The second-order valence-electron chi connectivity index (χ2n) is 7.05. The molecule has 0 bridgehead atoms. The molecule has 8 heteroatoms. The van der Waals surface area contributed by atoms with E-state index < -0.39 is 5.97 Å². The molecule has 0 atom stereocenters. The fraction of sp³-hybridized carbons (Fsp3) is 0.0800. The average Bonchev–Trinajstić information content (AvgIpc) is 3.14. The fourth-order valence-corrected chi connectivity index (χ4v) is 4.41. The van der Waals surface area contributed by atoms with Gasteiger partial charge >= 0.3 is 29.6 Å². The van der Waals surface area contributed by atoms with Gasteiger partial charge in [-0.1, -0.05) is 48.5 Å². The largest absolute Gasteiger partial charge is 1.00 e. The molecule has 3 aromatic carbocycles. The standard InChI is InChI=1S/C25H20N2O3S2.Na/c1-31-21-12-8-19(9-13-21)18-6-2-16(3-7-18)14-22-24(30)27-25(32-22)26-20-10-4-17(5-11-20)15-23(28)29;/h2-14H,15H2,1H3,(H,28,29)(H,26,27,30);/q;+1/p-1. The summed E-state index contributed by atoms with van der Waals surface area (Å²) in [6.45, 7) is 0. The Hall–Kier alpha value is -2.29. The molecule has 160 valence electrons. The number of carbonyl (C=O) groups is 2. The Bertz CT molecular complexity index is 1210. The van der Waals surface area contributed by atoms with E-state index in [9.17, 15) is 14.7 Å². The predicted octanol–water partition coefficient (Wildman–Crippen LogP) is 1.26. The normalized spacial score (nSPS) is 15.4. The molecule has 0 aromatic heterocycles. The van der Waals surface area contributed by atoms with Gasteiger partial charge in [-0.2, -0.15) is 0 Å². The van der Waals surface area contributed by atoms with Crippen molar-refractivity contribution < 1.29 is 44.3 Å². The van der Waals surface area contributed by atoms with Crippen molar-refractivity contribution in [3.63, 3.8) is 0 Å². The minimum atomic E-state index is -1.13. The van der Waals surface area contributed by atoms with Gasteiger partial charge in [0.1, 0.15) is 0 Å². The van der Waals surface area contributed by atoms with Gasteiger partial charge in [0, 0.05) is 17.3 Å². The number of aliphatic imine (C=N–C) groups is 1. The number of rotatable bonds is 6. The first kappa shape index (κ1) is 25.3. The summed E-state index contributed by atoms with van der Waals surface area (Å²) in [4.78, 5) is 29.2. The van der Waals surface area contributed by atoms with Crippen LogP contribution in [0.2, 0.25) is 0 Å². The second kappa shape index (κ2) is 11.7. The number of carbonyl (C=O) groups excluding carboxylic acids is 2. The minimum absolute atomic E-state index is 0.